The van der Waals surface area contributed by atoms with E-state index in [0.717, 1.165) is 17.0 Å². The fraction of sp³-hybridized carbons (Fsp3) is 0.381. The SMILES string of the molecule is O=C1CCCN1c1ccc(S(=O)(=O)N2CCN(Cc3nc(-c4cccs4)no3)CC2)cc1. The van der Waals surface area contributed by atoms with Gasteiger partial charge in [-0.25, -0.2) is 8.42 Å². The van der Waals surface area contributed by atoms with E-state index >= 15 is 0 Å². The van der Waals surface area contributed by atoms with Crippen LogP contribution in [0, 0.1) is 0 Å². The Morgan fingerprint density at radius 3 is 2.47 bits per heavy atom. The molecule has 3 aromatic rings. The molecule has 5 rings (SSSR count). The molecule has 0 radical (unpaired) electrons. The van der Waals surface area contributed by atoms with Crippen LogP contribution in [0.3, 0.4) is 0 Å². The summed E-state index contributed by atoms with van der Waals surface area (Å²) in [6.07, 6.45) is 1.38. The summed E-state index contributed by atoms with van der Waals surface area (Å²) >= 11 is 1.55. The highest BCUT2D eigenvalue weighted by Gasteiger charge is 2.30. The molecule has 11 heteroatoms. The molecule has 0 atom stereocenters. The minimum absolute atomic E-state index is 0.0838. The van der Waals surface area contributed by atoms with E-state index in [4.69, 9.17) is 4.52 Å². The van der Waals surface area contributed by atoms with Crippen molar-refractivity contribution in [1.29, 1.82) is 0 Å². The van der Waals surface area contributed by atoms with Gasteiger partial charge in [0.1, 0.15) is 0 Å². The van der Waals surface area contributed by atoms with Crippen molar-refractivity contribution in [2.45, 2.75) is 24.3 Å². The molecule has 0 aliphatic carbocycles. The van der Waals surface area contributed by atoms with Gasteiger partial charge in [-0.3, -0.25) is 9.69 Å². The van der Waals surface area contributed by atoms with Gasteiger partial charge in [0.15, 0.2) is 0 Å². The summed E-state index contributed by atoms with van der Waals surface area (Å²) in [5.41, 5.74) is 0.748. The largest absolute Gasteiger partial charge is 0.338 e. The zero-order chi connectivity index (χ0) is 22.1. The van der Waals surface area contributed by atoms with E-state index in [9.17, 15) is 13.2 Å². The minimum Gasteiger partial charge on any atom is -0.338 e. The summed E-state index contributed by atoms with van der Waals surface area (Å²) in [6.45, 7) is 3.11. The second-order valence-electron chi connectivity index (χ2n) is 7.81. The average molecular weight is 474 g/mol. The Morgan fingerprint density at radius 1 is 1.03 bits per heavy atom. The number of amides is 1. The van der Waals surface area contributed by atoms with Gasteiger partial charge >= 0.3 is 0 Å². The Labute approximate surface area is 190 Å². The molecular weight excluding hydrogens is 450 g/mol. The number of thiophene rings is 1. The second-order valence-corrected chi connectivity index (χ2v) is 10.7. The van der Waals surface area contributed by atoms with Crippen LogP contribution in [0.1, 0.15) is 18.7 Å². The fourth-order valence-corrected chi connectivity index (χ4v) is 6.08. The van der Waals surface area contributed by atoms with Crippen molar-refractivity contribution in [2.75, 3.05) is 37.6 Å². The lowest BCUT2D eigenvalue weighted by Gasteiger charge is -2.33. The standard InChI is InChI=1S/C21H23N5O4S2/c27-20-4-1-9-26(20)16-5-7-17(8-6-16)32(28,29)25-12-10-24(11-13-25)15-19-22-21(23-30-19)18-3-2-14-31-18/h2-3,5-8,14H,1,4,9-13,15H2. The molecule has 0 spiro atoms. The molecule has 2 aromatic heterocycles. The molecule has 0 saturated carbocycles. The van der Waals surface area contributed by atoms with Crippen LogP contribution < -0.4 is 4.90 Å². The van der Waals surface area contributed by atoms with E-state index in [1.807, 2.05) is 17.5 Å². The third-order valence-corrected chi connectivity index (χ3v) is 8.54. The number of benzene rings is 1. The first-order valence-corrected chi connectivity index (χ1v) is 12.8. The van der Waals surface area contributed by atoms with E-state index < -0.39 is 10.0 Å². The zero-order valence-corrected chi connectivity index (χ0v) is 19.0. The van der Waals surface area contributed by atoms with Crippen LogP contribution in [-0.4, -0.2) is 66.4 Å². The van der Waals surface area contributed by atoms with Gasteiger partial charge < -0.3 is 9.42 Å². The van der Waals surface area contributed by atoms with Crippen LogP contribution in [0.2, 0.25) is 0 Å². The molecule has 168 valence electrons. The predicted molar refractivity (Wildman–Crippen MR) is 120 cm³/mol. The van der Waals surface area contributed by atoms with Crippen LogP contribution in [0.5, 0.6) is 0 Å². The maximum Gasteiger partial charge on any atom is 0.243 e. The maximum absolute atomic E-state index is 13.1. The van der Waals surface area contributed by atoms with E-state index in [0.29, 0.717) is 57.4 Å². The van der Waals surface area contributed by atoms with E-state index in [-0.39, 0.29) is 10.8 Å². The van der Waals surface area contributed by atoms with Crippen molar-refractivity contribution in [3.8, 4) is 10.7 Å². The summed E-state index contributed by atoms with van der Waals surface area (Å²) in [6, 6.07) is 10.5. The number of hydrogen-bond acceptors (Lipinski definition) is 8. The molecular formula is C21H23N5O4S2. The van der Waals surface area contributed by atoms with Crippen LogP contribution >= 0.6 is 11.3 Å². The van der Waals surface area contributed by atoms with Crippen molar-refractivity contribution >= 4 is 33.0 Å². The Morgan fingerprint density at radius 2 is 1.81 bits per heavy atom. The van der Waals surface area contributed by atoms with Crippen molar-refractivity contribution in [3.63, 3.8) is 0 Å². The topological polar surface area (TPSA) is 99.9 Å². The second kappa shape index (κ2) is 8.74. The molecule has 2 aliphatic heterocycles. The van der Waals surface area contributed by atoms with Gasteiger partial charge in [-0.15, -0.1) is 11.3 Å². The van der Waals surface area contributed by atoms with Crippen molar-refractivity contribution < 1.29 is 17.7 Å². The van der Waals surface area contributed by atoms with Gasteiger partial charge in [0.25, 0.3) is 0 Å². The van der Waals surface area contributed by atoms with Crippen molar-refractivity contribution in [3.05, 3.63) is 47.7 Å². The highest BCUT2D eigenvalue weighted by molar-refractivity contribution is 7.89. The summed E-state index contributed by atoms with van der Waals surface area (Å²) < 4.78 is 33.0. The first-order valence-electron chi connectivity index (χ1n) is 10.5. The number of hydrogen-bond donors (Lipinski definition) is 0. The van der Waals surface area contributed by atoms with Crippen molar-refractivity contribution in [1.82, 2.24) is 19.3 Å². The predicted octanol–water partition coefficient (Wildman–Crippen LogP) is 2.43. The smallest absolute Gasteiger partial charge is 0.243 e. The molecule has 1 aromatic carbocycles. The Balaban J connectivity index is 1.19. The van der Waals surface area contributed by atoms with Crippen LogP contribution in [0.4, 0.5) is 5.69 Å². The molecule has 2 aliphatic rings. The summed E-state index contributed by atoms with van der Waals surface area (Å²) in [7, 11) is -3.58. The summed E-state index contributed by atoms with van der Waals surface area (Å²) in [4.78, 5) is 21.4. The molecule has 0 bridgehead atoms. The zero-order valence-electron chi connectivity index (χ0n) is 17.4. The lowest BCUT2D eigenvalue weighted by Crippen LogP contribution is -2.48. The number of piperazine rings is 1. The van der Waals surface area contributed by atoms with E-state index in [2.05, 4.69) is 15.0 Å². The Kier molecular flexibility index (Phi) is 5.80. The molecule has 9 nitrogen and oxygen atoms in total. The minimum atomic E-state index is -3.58. The third kappa shape index (κ3) is 4.20. The molecule has 1 amide bonds. The molecule has 0 N–H and O–H groups in total. The van der Waals surface area contributed by atoms with Crippen LogP contribution in [-0.2, 0) is 21.4 Å². The molecule has 2 fully saturated rings. The molecule has 32 heavy (non-hydrogen) atoms. The Bertz CT molecular complexity index is 1180. The number of anilines is 1. The summed E-state index contributed by atoms with van der Waals surface area (Å²) in [5.74, 6) is 1.19. The quantitative estimate of drug-likeness (QED) is 0.542. The van der Waals surface area contributed by atoms with E-state index in [1.54, 1.807) is 40.5 Å². The lowest BCUT2D eigenvalue weighted by molar-refractivity contribution is -0.117. The number of nitrogens with zero attached hydrogens (tertiary/aromatic N) is 5. The first kappa shape index (κ1) is 21.3. The fourth-order valence-electron chi connectivity index (χ4n) is 4.01. The van der Waals surface area contributed by atoms with Gasteiger partial charge in [-0.1, -0.05) is 11.2 Å². The van der Waals surface area contributed by atoms with Gasteiger partial charge in [0.05, 0.1) is 16.3 Å². The number of carbonyl (C=O) groups excluding carboxylic acids is 1. The number of rotatable bonds is 6. The van der Waals surface area contributed by atoms with Crippen molar-refractivity contribution in [2.24, 2.45) is 0 Å². The molecule has 2 saturated heterocycles. The van der Waals surface area contributed by atoms with Gasteiger partial charge in [-0.05, 0) is 42.1 Å². The van der Waals surface area contributed by atoms with Gasteiger partial charge in [-0.2, -0.15) is 9.29 Å². The van der Waals surface area contributed by atoms with E-state index in [1.165, 1.54) is 4.31 Å². The third-order valence-electron chi connectivity index (χ3n) is 5.76. The Hall–Kier alpha value is -2.60. The average Bonchev–Trinajstić information content (AvgIpc) is 3.56. The normalized spacial score (nSPS) is 18.5. The molecule has 4 heterocycles. The highest BCUT2D eigenvalue weighted by Crippen LogP contribution is 2.25. The first-order chi connectivity index (χ1) is 15.5. The lowest BCUT2D eigenvalue weighted by atomic mass is 10.3. The molecule has 0 unspecified atom stereocenters. The number of carbonyl (C=O) groups is 1. The number of sulfonamides is 1. The van der Waals surface area contributed by atoms with Crippen LogP contribution in [0.15, 0.2) is 51.2 Å². The maximum atomic E-state index is 13.1. The number of aromatic nitrogens is 2. The monoisotopic (exact) mass is 473 g/mol. The van der Waals surface area contributed by atoms with Gasteiger partial charge in [0.2, 0.25) is 27.6 Å². The van der Waals surface area contributed by atoms with Gasteiger partial charge in [0, 0.05) is 44.8 Å². The summed E-state index contributed by atoms with van der Waals surface area (Å²) in [5, 5.41) is 5.99. The highest BCUT2D eigenvalue weighted by atomic mass is 32.2. The van der Waals surface area contributed by atoms with Crippen LogP contribution in [0.25, 0.3) is 10.7 Å².